The Hall–Kier alpha value is -3.49. The highest BCUT2D eigenvalue weighted by Crippen LogP contribution is 2.23. The lowest BCUT2D eigenvalue weighted by molar-refractivity contribution is -0.386. The molecule has 0 unspecified atom stereocenters. The number of ketones is 1. The summed E-state index contributed by atoms with van der Waals surface area (Å²) in [4.78, 5) is 38.2. The van der Waals surface area contributed by atoms with E-state index in [9.17, 15) is 19.7 Å². The number of carbonyl (C=O) groups excluding carboxylic acids is 2. The number of hydrogen-bond acceptors (Lipinski definition) is 6. The van der Waals surface area contributed by atoms with Crippen molar-refractivity contribution >= 4 is 28.3 Å². The van der Waals surface area contributed by atoms with Crippen LogP contribution in [0.1, 0.15) is 27.4 Å². The Balaban J connectivity index is 1.69. The van der Waals surface area contributed by atoms with Crippen LogP contribution in [0.15, 0.2) is 24.3 Å². The van der Waals surface area contributed by atoms with E-state index in [-0.39, 0.29) is 29.4 Å². The molecule has 0 saturated heterocycles. The van der Waals surface area contributed by atoms with E-state index in [0.717, 1.165) is 10.9 Å². The number of aromatic amines is 1. The first-order valence-electron chi connectivity index (χ1n) is 8.24. The monoisotopic (exact) mass is 370 g/mol. The highest BCUT2D eigenvalue weighted by Gasteiger charge is 2.23. The minimum atomic E-state index is -0.693. The zero-order chi connectivity index (χ0) is 19.7. The molecule has 0 amide bonds. The third-order valence-electron chi connectivity index (χ3n) is 4.34. The number of para-hydroxylation sites is 1. The molecule has 27 heavy (non-hydrogen) atoms. The molecule has 0 fully saturated rings. The minimum absolute atomic E-state index is 0.131. The summed E-state index contributed by atoms with van der Waals surface area (Å²) in [5.74, 6) is -1.01. The number of fused-ring (bicyclic) bond motifs is 1. The number of benzene rings is 1. The second-order valence-corrected chi connectivity index (χ2v) is 6.19. The van der Waals surface area contributed by atoms with Gasteiger partial charge in [-0.3, -0.25) is 24.4 Å². The summed E-state index contributed by atoms with van der Waals surface area (Å²) >= 11 is 0. The number of hydrogen-bond donors (Lipinski definition) is 1. The molecule has 0 atom stereocenters. The second kappa shape index (κ2) is 7.02. The fraction of sp³-hybridized carbons (Fsp3) is 0.278. The van der Waals surface area contributed by atoms with E-state index >= 15 is 0 Å². The van der Waals surface area contributed by atoms with Gasteiger partial charge in [0.2, 0.25) is 5.78 Å². The van der Waals surface area contributed by atoms with Crippen molar-refractivity contribution in [3.05, 3.63) is 57.0 Å². The van der Waals surface area contributed by atoms with Crippen molar-refractivity contribution in [3.63, 3.8) is 0 Å². The first kappa shape index (κ1) is 18.3. The van der Waals surface area contributed by atoms with Crippen molar-refractivity contribution in [3.8, 4) is 0 Å². The molecule has 0 aliphatic carbocycles. The van der Waals surface area contributed by atoms with Gasteiger partial charge in [0.1, 0.15) is 17.9 Å². The summed E-state index contributed by atoms with van der Waals surface area (Å²) in [5.41, 5.74) is 2.36. The van der Waals surface area contributed by atoms with Gasteiger partial charge in [0.15, 0.2) is 6.61 Å². The lowest BCUT2D eigenvalue weighted by Gasteiger charge is -2.06. The number of nitrogens with zero attached hydrogens (tertiary/aromatic N) is 3. The van der Waals surface area contributed by atoms with Gasteiger partial charge in [-0.1, -0.05) is 18.2 Å². The Morgan fingerprint density at radius 3 is 2.63 bits per heavy atom. The zero-order valence-corrected chi connectivity index (χ0v) is 15.1. The molecule has 2 aromatic heterocycles. The van der Waals surface area contributed by atoms with Crippen molar-refractivity contribution in [1.29, 1.82) is 0 Å². The molecule has 9 nitrogen and oxygen atoms in total. The number of nitro groups is 1. The smallest absolute Gasteiger partial charge is 0.328 e. The number of aromatic nitrogens is 3. The summed E-state index contributed by atoms with van der Waals surface area (Å²) in [5, 5.41) is 15.8. The van der Waals surface area contributed by atoms with Gasteiger partial charge in [-0.15, -0.1) is 0 Å². The van der Waals surface area contributed by atoms with Crippen LogP contribution in [0.2, 0.25) is 0 Å². The van der Waals surface area contributed by atoms with Gasteiger partial charge in [-0.05, 0) is 26.8 Å². The fourth-order valence-corrected chi connectivity index (χ4v) is 3.13. The SMILES string of the molecule is Cc1nn(CC(=O)OCC(=O)c2c(C)[nH]c3ccccc23)c(C)c1[N+](=O)[O-]. The van der Waals surface area contributed by atoms with E-state index in [0.29, 0.717) is 11.3 Å². The number of Topliss-reactive ketones (excluding diaryl/α,β-unsaturated/α-hetero) is 1. The second-order valence-electron chi connectivity index (χ2n) is 6.19. The van der Waals surface area contributed by atoms with Crippen molar-refractivity contribution in [1.82, 2.24) is 14.8 Å². The summed E-state index contributed by atoms with van der Waals surface area (Å²) in [6, 6.07) is 7.37. The molecule has 0 aliphatic heterocycles. The Morgan fingerprint density at radius 1 is 1.26 bits per heavy atom. The van der Waals surface area contributed by atoms with Crippen LogP contribution in [0.5, 0.6) is 0 Å². The first-order valence-corrected chi connectivity index (χ1v) is 8.24. The van der Waals surface area contributed by atoms with Crippen LogP contribution in [0.25, 0.3) is 10.9 Å². The van der Waals surface area contributed by atoms with Crippen LogP contribution in [0.3, 0.4) is 0 Å². The number of aryl methyl sites for hydroxylation is 2. The predicted octanol–water partition coefficient (Wildman–Crippen LogP) is 2.62. The number of nitrogens with one attached hydrogen (secondary N) is 1. The maximum absolute atomic E-state index is 12.5. The van der Waals surface area contributed by atoms with Crippen LogP contribution in [0, 0.1) is 30.9 Å². The van der Waals surface area contributed by atoms with Crippen molar-refractivity contribution in [2.75, 3.05) is 6.61 Å². The van der Waals surface area contributed by atoms with Gasteiger partial charge in [0, 0.05) is 22.2 Å². The molecular formula is C18H18N4O5. The molecule has 140 valence electrons. The van der Waals surface area contributed by atoms with Crippen LogP contribution in [0.4, 0.5) is 5.69 Å². The zero-order valence-electron chi connectivity index (χ0n) is 15.1. The molecule has 1 N–H and O–H groups in total. The van der Waals surface area contributed by atoms with E-state index in [1.807, 2.05) is 24.3 Å². The number of carbonyl (C=O) groups is 2. The van der Waals surface area contributed by atoms with Crippen molar-refractivity contribution in [2.45, 2.75) is 27.3 Å². The number of rotatable bonds is 6. The number of ether oxygens (including phenoxy) is 1. The van der Waals surface area contributed by atoms with Gasteiger partial charge >= 0.3 is 11.7 Å². The van der Waals surface area contributed by atoms with Gasteiger partial charge in [0.25, 0.3) is 0 Å². The number of esters is 1. The van der Waals surface area contributed by atoms with Crippen LogP contribution < -0.4 is 0 Å². The summed E-state index contributed by atoms with van der Waals surface area (Å²) in [6.07, 6.45) is 0. The van der Waals surface area contributed by atoms with Crippen molar-refractivity contribution < 1.29 is 19.2 Å². The van der Waals surface area contributed by atoms with E-state index in [1.165, 1.54) is 18.5 Å². The molecule has 3 rings (SSSR count). The summed E-state index contributed by atoms with van der Waals surface area (Å²) in [7, 11) is 0. The van der Waals surface area contributed by atoms with E-state index in [1.54, 1.807) is 6.92 Å². The Labute approximate surface area is 154 Å². The van der Waals surface area contributed by atoms with Gasteiger partial charge in [0.05, 0.1) is 4.92 Å². The molecule has 3 aromatic rings. The predicted molar refractivity (Wildman–Crippen MR) is 96.7 cm³/mol. The maximum Gasteiger partial charge on any atom is 0.328 e. The fourth-order valence-electron chi connectivity index (χ4n) is 3.13. The lowest BCUT2D eigenvalue weighted by Crippen LogP contribution is -2.20. The Kier molecular flexibility index (Phi) is 4.76. The normalized spacial score (nSPS) is 10.9. The van der Waals surface area contributed by atoms with Gasteiger partial charge < -0.3 is 9.72 Å². The molecule has 0 radical (unpaired) electrons. The quantitative estimate of drug-likeness (QED) is 0.308. The van der Waals surface area contributed by atoms with E-state index in [2.05, 4.69) is 10.1 Å². The molecule has 0 spiro atoms. The Morgan fingerprint density at radius 2 is 1.96 bits per heavy atom. The minimum Gasteiger partial charge on any atom is -0.456 e. The average molecular weight is 370 g/mol. The molecular weight excluding hydrogens is 352 g/mol. The van der Waals surface area contributed by atoms with Crippen molar-refractivity contribution in [2.24, 2.45) is 0 Å². The summed E-state index contributed by atoms with van der Waals surface area (Å²) < 4.78 is 6.27. The van der Waals surface area contributed by atoms with Crippen LogP contribution in [-0.4, -0.2) is 38.0 Å². The van der Waals surface area contributed by atoms with Gasteiger partial charge in [-0.25, -0.2) is 0 Å². The summed E-state index contributed by atoms with van der Waals surface area (Å²) in [6.45, 7) is 4.07. The maximum atomic E-state index is 12.5. The van der Waals surface area contributed by atoms with Gasteiger partial charge in [-0.2, -0.15) is 5.10 Å². The molecule has 1 aromatic carbocycles. The Bertz CT molecular complexity index is 1060. The average Bonchev–Trinajstić information content (AvgIpc) is 3.08. The third kappa shape index (κ3) is 3.43. The van der Waals surface area contributed by atoms with E-state index < -0.39 is 17.5 Å². The molecule has 2 heterocycles. The lowest BCUT2D eigenvalue weighted by atomic mass is 10.1. The van der Waals surface area contributed by atoms with Crippen LogP contribution in [-0.2, 0) is 16.1 Å². The standard InChI is InChI=1S/C18H18N4O5/c1-10-17(13-6-4-5-7-14(13)19-10)15(23)9-27-16(24)8-21-12(3)18(22(25)26)11(2)20-21/h4-7,19H,8-9H2,1-3H3. The third-order valence-corrected chi connectivity index (χ3v) is 4.34. The number of H-pyrrole nitrogens is 1. The highest BCUT2D eigenvalue weighted by molar-refractivity contribution is 6.10. The first-order chi connectivity index (χ1) is 12.8. The molecule has 0 saturated carbocycles. The molecule has 9 heteroatoms. The van der Waals surface area contributed by atoms with Crippen LogP contribution >= 0.6 is 0 Å². The molecule has 0 aliphatic rings. The van der Waals surface area contributed by atoms with E-state index in [4.69, 9.17) is 4.74 Å². The molecule has 0 bridgehead atoms. The highest BCUT2D eigenvalue weighted by atomic mass is 16.6. The largest absolute Gasteiger partial charge is 0.456 e. The topological polar surface area (TPSA) is 120 Å².